The van der Waals surface area contributed by atoms with E-state index in [-0.39, 0.29) is 0 Å². The molecule has 0 radical (unpaired) electrons. The molecule has 0 saturated heterocycles. The molecular formula is C106H68N8. The van der Waals surface area contributed by atoms with Gasteiger partial charge >= 0.3 is 0 Å². The molecule has 18 aromatic carbocycles. The minimum absolute atomic E-state index is 0.634. The maximum atomic E-state index is 5.23. The quantitative estimate of drug-likeness (QED) is 0.134. The predicted molar refractivity (Wildman–Crippen MR) is 471 cm³/mol. The van der Waals surface area contributed by atoms with Crippen LogP contribution in [0.2, 0.25) is 0 Å². The van der Waals surface area contributed by atoms with Crippen LogP contribution in [0.15, 0.2) is 413 Å². The van der Waals surface area contributed by atoms with Crippen LogP contribution in [0.25, 0.3) is 178 Å². The van der Waals surface area contributed by atoms with E-state index in [2.05, 4.69) is 337 Å². The van der Waals surface area contributed by atoms with Gasteiger partial charge in [0, 0.05) is 67.0 Å². The summed E-state index contributed by atoms with van der Waals surface area (Å²) in [7, 11) is 0. The van der Waals surface area contributed by atoms with Crippen LogP contribution in [0, 0.1) is 0 Å². The van der Waals surface area contributed by atoms with Crippen molar-refractivity contribution in [1.82, 2.24) is 29.9 Å². The summed E-state index contributed by atoms with van der Waals surface area (Å²) < 4.78 is 0. The topological polar surface area (TPSA) is 83.8 Å². The fourth-order valence-electron chi connectivity index (χ4n) is 16.7. The van der Waals surface area contributed by atoms with Gasteiger partial charge in [-0.2, -0.15) is 0 Å². The molecule has 0 atom stereocenters. The van der Waals surface area contributed by atoms with Gasteiger partial charge in [-0.05, 0) is 148 Å². The first-order valence-electron chi connectivity index (χ1n) is 38.6. The summed E-state index contributed by atoms with van der Waals surface area (Å²) in [6.07, 6.45) is 0. The number of nitrogens with zero attached hydrogens (tertiary/aromatic N) is 8. The third-order valence-electron chi connectivity index (χ3n) is 22.1. The average molecular weight is 1450 g/mol. The third-order valence-corrected chi connectivity index (χ3v) is 22.1. The third kappa shape index (κ3) is 12.1. The molecule has 0 fully saturated rings. The van der Waals surface area contributed by atoms with Crippen LogP contribution in [-0.2, 0) is 0 Å². The number of anilines is 6. The van der Waals surface area contributed by atoms with E-state index in [9.17, 15) is 0 Å². The Bertz CT molecular complexity index is 6950. The molecule has 4 heterocycles. The Morgan fingerprint density at radius 1 is 0.149 bits per heavy atom. The number of para-hydroxylation sites is 4. The lowest BCUT2D eigenvalue weighted by Crippen LogP contribution is -2.13. The van der Waals surface area contributed by atoms with E-state index >= 15 is 0 Å². The van der Waals surface area contributed by atoms with E-state index in [0.717, 1.165) is 112 Å². The zero-order valence-electron chi connectivity index (χ0n) is 61.8. The average Bonchev–Trinajstić information content (AvgIpc) is 0.727. The molecule has 2 aromatic heterocycles. The molecule has 532 valence electrons. The molecule has 8 heteroatoms. The van der Waals surface area contributed by atoms with Crippen LogP contribution in [0.1, 0.15) is 0 Å². The highest BCUT2D eigenvalue weighted by Crippen LogP contribution is 2.55. The lowest BCUT2D eigenvalue weighted by molar-refractivity contribution is 1.07. The summed E-state index contributed by atoms with van der Waals surface area (Å²) in [5.41, 5.74) is 26.4. The van der Waals surface area contributed by atoms with Crippen LogP contribution < -0.4 is 9.80 Å². The van der Waals surface area contributed by atoms with Gasteiger partial charge in [-0.25, -0.2) is 29.9 Å². The van der Waals surface area contributed by atoms with Gasteiger partial charge in [-0.15, -0.1) is 0 Å². The molecule has 0 N–H and O–H groups in total. The summed E-state index contributed by atoms with van der Waals surface area (Å²) in [6, 6.07) is 146. The van der Waals surface area contributed by atoms with Crippen LogP contribution in [-0.4, -0.2) is 29.9 Å². The van der Waals surface area contributed by atoms with Crippen LogP contribution in [0.3, 0.4) is 0 Å². The Morgan fingerprint density at radius 3 is 0.868 bits per heavy atom. The molecule has 2 aliphatic rings. The number of aromatic nitrogens is 6. The highest BCUT2D eigenvalue weighted by atomic mass is 15.2. The van der Waals surface area contributed by atoms with Gasteiger partial charge in [-0.3, -0.25) is 0 Å². The van der Waals surface area contributed by atoms with Crippen molar-refractivity contribution in [2.24, 2.45) is 0 Å². The number of fused-ring (bicyclic) bond motifs is 10. The minimum Gasteiger partial charge on any atom is -0.309 e. The summed E-state index contributed by atoms with van der Waals surface area (Å²) in [5.74, 6) is 3.84. The maximum absolute atomic E-state index is 5.23. The first-order chi connectivity index (χ1) is 56.5. The number of hydrogen-bond acceptors (Lipinski definition) is 8. The summed E-state index contributed by atoms with van der Waals surface area (Å²) in [4.78, 5) is 35.3. The molecule has 0 unspecified atom stereocenters. The molecule has 0 aliphatic carbocycles. The number of hydrogen-bond donors (Lipinski definition) is 0. The van der Waals surface area contributed by atoms with Gasteiger partial charge in [0.05, 0.1) is 22.7 Å². The van der Waals surface area contributed by atoms with Crippen molar-refractivity contribution in [2.75, 3.05) is 9.80 Å². The predicted octanol–water partition coefficient (Wildman–Crippen LogP) is 27.9. The number of rotatable bonds is 10. The highest BCUT2D eigenvalue weighted by Gasteiger charge is 2.30. The van der Waals surface area contributed by atoms with Crippen LogP contribution in [0.5, 0.6) is 0 Å². The summed E-state index contributed by atoms with van der Waals surface area (Å²) >= 11 is 0. The van der Waals surface area contributed by atoms with Crippen molar-refractivity contribution in [3.63, 3.8) is 0 Å². The Kier molecular flexibility index (Phi) is 16.7. The Morgan fingerprint density at radius 2 is 0.430 bits per heavy atom. The van der Waals surface area contributed by atoms with E-state index in [1.54, 1.807) is 0 Å². The second-order valence-corrected chi connectivity index (χ2v) is 28.8. The largest absolute Gasteiger partial charge is 0.309 e. The molecule has 22 rings (SSSR count). The van der Waals surface area contributed by atoms with Gasteiger partial charge in [0.15, 0.2) is 34.9 Å². The molecular weight excluding hydrogens is 1390 g/mol. The molecule has 2 aliphatic heterocycles. The normalized spacial score (nSPS) is 11.8. The Labute approximate surface area is 660 Å². The molecule has 8 nitrogen and oxygen atoms in total. The first kappa shape index (κ1) is 66.8. The maximum Gasteiger partial charge on any atom is 0.164 e. The SMILES string of the molecule is c1ccc(-c2ccc(-c3nc(-c4ccccc4)nc(-c4ccc5c6c(cccc46)-c4ccccc4N(c4ccc6ccccc6c4)c4ccccc4-5)n3)cc2)cc1.c1ccc(-c2nc(-c3ccccc3)nc(-c3cccc(-c4ccc5c6c(cccc46)-c4ccccc4N(c4ccc6ccccc6c4)c4ccccc4-5)c3)n2)cc1. The van der Waals surface area contributed by atoms with Crippen LogP contribution >= 0.6 is 0 Å². The van der Waals surface area contributed by atoms with Gasteiger partial charge < -0.3 is 9.80 Å². The van der Waals surface area contributed by atoms with Crippen molar-refractivity contribution in [3.05, 3.63) is 413 Å². The van der Waals surface area contributed by atoms with Crippen molar-refractivity contribution in [2.45, 2.75) is 0 Å². The van der Waals surface area contributed by atoms with Gasteiger partial charge in [0.2, 0.25) is 0 Å². The van der Waals surface area contributed by atoms with E-state index in [4.69, 9.17) is 29.9 Å². The zero-order chi connectivity index (χ0) is 75.4. The smallest absolute Gasteiger partial charge is 0.164 e. The summed E-state index contributed by atoms with van der Waals surface area (Å²) in [5, 5.41) is 9.55. The van der Waals surface area contributed by atoms with E-state index in [1.165, 1.54) is 65.5 Å². The molecule has 0 bridgehead atoms. The first-order valence-corrected chi connectivity index (χ1v) is 38.6. The minimum atomic E-state index is 0.634. The van der Waals surface area contributed by atoms with Crippen molar-refractivity contribution in [3.8, 4) is 135 Å². The van der Waals surface area contributed by atoms with Crippen molar-refractivity contribution >= 4 is 77.2 Å². The van der Waals surface area contributed by atoms with Crippen molar-refractivity contribution in [1.29, 1.82) is 0 Å². The molecule has 0 spiro atoms. The molecule has 0 saturated carbocycles. The van der Waals surface area contributed by atoms with E-state index < -0.39 is 0 Å². The van der Waals surface area contributed by atoms with E-state index in [0.29, 0.717) is 34.9 Å². The molecule has 0 amide bonds. The second-order valence-electron chi connectivity index (χ2n) is 28.8. The summed E-state index contributed by atoms with van der Waals surface area (Å²) in [6.45, 7) is 0. The van der Waals surface area contributed by atoms with Gasteiger partial charge in [-0.1, -0.05) is 352 Å². The monoisotopic (exact) mass is 1450 g/mol. The Hall–Kier alpha value is -15.4. The highest BCUT2D eigenvalue weighted by molar-refractivity contribution is 6.18. The van der Waals surface area contributed by atoms with E-state index in [1.807, 2.05) is 84.9 Å². The number of benzene rings is 18. The van der Waals surface area contributed by atoms with Crippen molar-refractivity contribution < 1.29 is 0 Å². The second kappa shape index (κ2) is 28.6. The fraction of sp³-hybridized carbons (Fsp3) is 0. The molecule has 114 heavy (non-hydrogen) atoms. The standard InChI is InChI=1S/2C53H34N4/c1-3-16-36(17-4-1)51-54-52(37-18-5-2-6-19-37)56-53(55-51)40-22-13-21-39(33-40)42-31-32-47-44-24-10-12-28-49(44)57(41-30-29-35-15-7-8-20-38(35)34-41)48-27-11-9-23-43(48)46-26-14-25-45(42)50(46)47;1-3-14-35(15-4-1)37-26-28-39(29-27-37)52-54-51(38-17-5-2-6-18-38)55-53(56-52)47-33-32-46-43-21-10-12-25-49(43)57(41-31-30-36-16-7-8-19-40(36)34-41)48-24-11-9-20-42(48)44-22-13-23-45(47)50(44)46/h2*1-34H. The van der Waals surface area contributed by atoms with Gasteiger partial charge in [0.1, 0.15) is 0 Å². The zero-order valence-corrected chi connectivity index (χ0v) is 61.8. The lowest BCUT2D eigenvalue weighted by atomic mass is 9.85. The van der Waals surface area contributed by atoms with Crippen LogP contribution in [0.4, 0.5) is 34.1 Å². The fourth-order valence-corrected chi connectivity index (χ4v) is 16.7. The Balaban J connectivity index is 0.000000143. The van der Waals surface area contributed by atoms with Gasteiger partial charge in [0.25, 0.3) is 0 Å². The molecule has 20 aromatic rings. The lowest BCUT2D eigenvalue weighted by Gasteiger charge is -2.32.